The van der Waals surface area contributed by atoms with E-state index in [0.717, 1.165) is 22.8 Å². The Hall–Kier alpha value is -2.39. The second-order valence-corrected chi connectivity index (χ2v) is 8.96. The predicted molar refractivity (Wildman–Crippen MR) is 110 cm³/mol. The van der Waals surface area contributed by atoms with Crippen LogP contribution >= 0.6 is 0 Å². The van der Waals surface area contributed by atoms with Crippen molar-refractivity contribution in [1.82, 2.24) is 14.5 Å². The second-order valence-electron chi connectivity index (χ2n) is 7.05. The maximum atomic E-state index is 13.2. The summed E-state index contributed by atoms with van der Waals surface area (Å²) in [6.07, 6.45) is 0. The monoisotopic (exact) mass is 405 g/mol. The number of aromatic nitrogens is 2. The first-order valence-corrected chi connectivity index (χ1v) is 10.6. The first-order chi connectivity index (χ1) is 13.3. The summed E-state index contributed by atoms with van der Waals surface area (Å²) in [7, 11) is 1.86. The van der Waals surface area contributed by atoms with Gasteiger partial charge in [-0.05, 0) is 49.2 Å². The van der Waals surface area contributed by atoms with Crippen molar-refractivity contribution in [3.63, 3.8) is 0 Å². The van der Waals surface area contributed by atoms with Crippen LogP contribution in [0.15, 0.2) is 29.2 Å². The molecule has 1 aliphatic heterocycles. The van der Waals surface area contributed by atoms with Gasteiger partial charge >= 0.3 is 0 Å². The van der Waals surface area contributed by atoms with Crippen LogP contribution in [0.4, 0.5) is 11.6 Å². The summed E-state index contributed by atoms with van der Waals surface area (Å²) < 4.78 is 33.1. The molecule has 0 saturated carbocycles. The molecule has 2 heterocycles. The lowest BCUT2D eigenvalue weighted by molar-refractivity contribution is 0.382. The van der Waals surface area contributed by atoms with Crippen molar-refractivity contribution in [3.05, 3.63) is 35.4 Å². The Morgan fingerprint density at radius 2 is 1.64 bits per heavy atom. The summed E-state index contributed by atoms with van der Waals surface area (Å²) in [6, 6.07) is 7.18. The van der Waals surface area contributed by atoms with Gasteiger partial charge in [-0.25, -0.2) is 8.42 Å². The van der Waals surface area contributed by atoms with E-state index in [9.17, 15) is 8.42 Å². The summed E-state index contributed by atoms with van der Waals surface area (Å²) in [5.74, 6) is 2.25. The molecule has 0 radical (unpaired) electrons. The maximum Gasteiger partial charge on any atom is 0.243 e. The van der Waals surface area contributed by atoms with Gasteiger partial charge in [-0.2, -0.15) is 4.31 Å². The molecule has 1 saturated heterocycles. The van der Waals surface area contributed by atoms with Gasteiger partial charge in [0, 0.05) is 40.3 Å². The molecule has 3 rings (SSSR count). The third-order valence-electron chi connectivity index (χ3n) is 5.18. The number of benzene rings is 1. The summed E-state index contributed by atoms with van der Waals surface area (Å²) in [6.45, 7) is 5.66. The molecule has 0 bridgehead atoms. The highest BCUT2D eigenvalue weighted by Crippen LogP contribution is 2.29. The zero-order valence-corrected chi connectivity index (χ0v) is 17.8. The number of hydrogen-bond donors (Lipinski definition) is 0. The Morgan fingerprint density at radius 1 is 0.964 bits per heavy atom. The summed E-state index contributed by atoms with van der Waals surface area (Å²) in [4.78, 5) is 4.29. The highest BCUT2D eigenvalue weighted by molar-refractivity contribution is 7.89. The Morgan fingerprint density at radius 3 is 2.18 bits per heavy atom. The van der Waals surface area contributed by atoms with Gasteiger partial charge in [-0.3, -0.25) is 0 Å². The number of ether oxygens (including phenoxy) is 1. The topological polar surface area (TPSA) is 78.9 Å². The Kier molecular flexibility index (Phi) is 5.76. The molecule has 0 amide bonds. The molecule has 1 aromatic carbocycles. The second kappa shape index (κ2) is 7.92. The smallest absolute Gasteiger partial charge is 0.243 e. The minimum atomic E-state index is -3.56. The van der Waals surface area contributed by atoms with Gasteiger partial charge in [0.2, 0.25) is 10.0 Å². The van der Waals surface area contributed by atoms with Crippen molar-refractivity contribution >= 4 is 21.7 Å². The lowest BCUT2D eigenvalue weighted by Crippen LogP contribution is -2.49. The fourth-order valence-corrected chi connectivity index (χ4v) is 5.00. The van der Waals surface area contributed by atoms with Crippen LogP contribution in [-0.2, 0) is 10.0 Å². The zero-order valence-electron chi connectivity index (χ0n) is 17.0. The van der Waals surface area contributed by atoms with Crippen molar-refractivity contribution in [2.75, 3.05) is 57.2 Å². The van der Waals surface area contributed by atoms with E-state index in [2.05, 4.69) is 15.1 Å². The van der Waals surface area contributed by atoms with Gasteiger partial charge < -0.3 is 14.5 Å². The fourth-order valence-electron chi connectivity index (χ4n) is 3.29. The first kappa shape index (κ1) is 20.3. The molecule has 0 N–H and O–H groups in total. The molecule has 1 fully saturated rings. The van der Waals surface area contributed by atoms with Gasteiger partial charge in [0.15, 0.2) is 11.6 Å². The number of anilines is 2. The summed E-state index contributed by atoms with van der Waals surface area (Å²) in [5.41, 5.74) is 1.57. The molecule has 0 aliphatic carbocycles. The van der Waals surface area contributed by atoms with E-state index < -0.39 is 10.0 Å². The lowest BCUT2D eigenvalue weighted by atomic mass is 10.1. The normalized spacial score (nSPS) is 15.5. The highest BCUT2D eigenvalue weighted by atomic mass is 32.2. The SMILES string of the molecule is COc1ccc(S(=O)(=O)N2CCN(c3ccc(N(C)C)nn3)CC2)c(C)c1C. The van der Waals surface area contributed by atoms with E-state index >= 15 is 0 Å². The molecule has 1 aliphatic rings. The van der Waals surface area contributed by atoms with Crippen LogP contribution in [0.3, 0.4) is 0 Å². The molecule has 9 heteroatoms. The number of rotatable bonds is 5. The number of methoxy groups -OCH3 is 1. The number of nitrogens with zero attached hydrogens (tertiary/aromatic N) is 5. The molecule has 0 unspecified atom stereocenters. The Labute approximate surface area is 166 Å². The quantitative estimate of drug-likeness (QED) is 0.749. The summed E-state index contributed by atoms with van der Waals surface area (Å²) in [5, 5.41) is 8.46. The molecule has 1 aromatic heterocycles. The van der Waals surface area contributed by atoms with E-state index in [-0.39, 0.29) is 0 Å². The first-order valence-electron chi connectivity index (χ1n) is 9.16. The van der Waals surface area contributed by atoms with Gasteiger partial charge in [0.05, 0.1) is 12.0 Å². The predicted octanol–water partition coefficient (Wildman–Crippen LogP) is 1.68. The van der Waals surface area contributed by atoms with Crippen molar-refractivity contribution in [2.24, 2.45) is 0 Å². The van der Waals surface area contributed by atoms with Crippen LogP contribution in [0.2, 0.25) is 0 Å². The minimum absolute atomic E-state index is 0.342. The molecule has 0 spiro atoms. The van der Waals surface area contributed by atoms with E-state index in [1.54, 1.807) is 23.5 Å². The average Bonchev–Trinajstić information content (AvgIpc) is 2.70. The summed E-state index contributed by atoms with van der Waals surface area (Å²) >= 11 is 0. The molecular formula is C19H27N5O3S. The molecule has 0 atom stereocenters. The van der Waals surface area contributed by atoms with E-state index in [0.29, 0.717) is 36.8 Å². The molecule has 8 nitrogen and oxygen atoms in total. The Bertz CT molecular complexity index is 937. The number of hydrogen-bond acceptors (Lipinski definition) is 7. The van der Waals surface area contributed by atoms with Gasteiger partial charge in [-0.15, -0.1) is 10.2 Å². The van der Waals surface area contributed by atoms with E-state index in [1.807, 2.05) is 45.0 Å². The lowest BCUT2D eigenvalue weighted by Gasteiger charge is -2.34. The highest BCUT2D eigenvalue weighted by Gasteiger charge is 2.30. The maximum absolute atomic E-state index is 13.2. The fraction of sp³-hybridized carbons (Fsp3) is 0.474. The van der Waals surface area contributed by atoms with Gasteiger partial charge in [0.1, 0.15) is 5.75 Å². The number of piperazine rings is 1. The van der Waals surface area contributed by atoms with Crippen molar-refractivity contribution in [3.8, 4) is 5.75 Å². The van der Waals surface area contributed by atoms with E-state index in [1.165, 1.54) is 0 Å². The molecule has 152 valence electrons. The number of sulfonamides is 1. The third kappa shape index (κ3) is 3.77. The van der Waals surface area contributed by atoms with E-state index in [4.69, 9.17) is 4.74 Å². The van der Waals surface area contributed by atoms with Crippen molar-refractivity contribution in [1.29, 1.82) is 0 Å². The third-order valence-corrected chi connectivity index (χ3v) is 7.23. The van der Waals surface area contributed by atoms with Crippen molar-refractivity contribution < 1.29 is 13.2 Å². The van der Waals surface area contributed by atoms with Crippen LogP contribution < -0.4 is 14.5 Å². The Balaban J connectivity index is 1.74. The van der Waals surface area contributed by atoms with Gasteiger partial charge in [0.25, 0.3) is 0 Å². The van der Waals surface area contributed by atoms with Crippen LogP contribution in [0, 0.1) is 13.8 Å². The average molecular weight is 406 g/mol. The molecule has 28 heavy (non-hydrogen) atoms. The van der Waals surface area contributed by atoms with Gasteiger partial charge in [-0.1, -0.05) is 0 Å². The van der Waals surface area contributed by atoms with Crippen LogP contribution in [-0.4, -0.2) is 70.3 Å². The van der Waals surface area contributed by atoms with Crippen LogP contribution in [0.5, 0.6) is 5.75 Å². The zero-order chi connectivity index (χ0) is 20.5. The van der Waals surface area contributed by atoms with Crippen LogP contribution in [0.25, 0.3) is 0 Å². The van der Waals surface area contributed by atoms with Crippen molar-refractivity contribution in [2.45, 2.75) is 18.7 Å². The molecular weight excluding hydrogens is 378 g/mol. The molecule has 2 aromatic rings. The largest absolute Gasteiger partial charge is 0.496 e. The van der Waals surface area contributed by atoms with Crippen LogP contribution in [0.1, 0.15) is 11.1 Å². The standard InChI is InChI=1S/C19H27N5O3S/c1-14-15(2)17(7-6-16(14)27-5)28(25,26)24-12-10-23(11-13-24)19-9-8-18(20-21-19)22(3)4/h6-9H,10-13H2,1-5H3. The minimum Gasteiger partial charge on any atom is -0.496 e.